The fourth-order valence-electron chi connectivity index (χ4n) is 2.38. The van der Waals surface area contributed by atoms with Crippen LogP contribution in [0.15, 0.2) is 34.9 Å². The summed E-state index contributed by atoms with van der Waals surface area (Å²) < 4.78 is 10.8. The molecule has 0 saturated carbocycles. The second-order valence-electron chi connectivity index (χ2n) is 5.09. The van der Waals surface area contributed by atoms with Crippen molar-refractivity contribution in [3.8, 4) is 11.4 Å². The highest BCUT2D eigenvalue weighted by atomic mass is 16.5. The molecule has 0 radical (unpaired) electrons. The van der Waals surface area contributed by atoms with Crippen LogP contribution in [0.25, 0.3) is 11.4 Å². The number of amides is 1. The molecular weight excluding hydrogens is 284 g/mol. The zero-order valence-corrected chi connectivity index (χ0v) is 12.4. The van der Waals surface area contributed by atoms with Crippen LogP contribution in [-0.2, 0) is 16.1 Å². The second kappa shape index (κ2) is 6.67. The first-order chi connectivity index (χ1) is 10.8. The lowest BCUT2D eigenvalue weighted by atomic mass is 10.2. The van der Waals surface area contributed by atoms with Crippen molar-refractivity contribution in [1.29, 1.82) is 0 Å². The van der Waals surface area contributed by atoms with E-state index in [0.717, 1.165) is 12.1 Å². The molecule has 22 heavy (non-hydrogen) atoms. The van der Waals surface area contributed by atoms with Gasteiger partial charge in [0.1, 0.15) is 6.10 Å². The van der Waals surface area contributed by atoms with Crippen molar-refractivity contribution in [2.24, 2.45) is 0 Å². The van der Waals surface area contributed by atoms with Crippen molar-refractivity contribution in [2.45, 2.75) is 12.6 Å². The molecule has 0 unspecified atom stereocenters. The largest absolute Gasteiger partial charge is 0.366 e. The fraction of sp³-hybridized carbons (Fsp3) is 0.400. The second-order valence-corrected chi connectivity index (χ2v) is 5.09. The number of nitrogens with zero attached hydrogens (tertiary/aromatic N) is 3. The highest BCUT2D eigenvalue weighted by Gasteiger charge is 2.26. The van der Waals surface area contributed by atoms with Crippen LogP contribution in [0.2, 0.25) is 0 Å². The minimum atomic E-state index is -0.449. The summed E-state index contributed by atoms with van der Waals surface area (Å²) in [5.41, 5.74) is 0.919. The lowest BCUT2D eigenvalue weighted by molar-refractivity contribution is -0.138. The van der Waals surface area contributed by atoms with E-state index in [0.29, 0.717) is 31.4 Å². The molecule has 1 atom stereocenters. The van der Waals surface area contributed by atoms with E-state index in [-0.39, 0.29) is 5.91 Å². The number of carbonyl (C=O) groups is 1. The number of carbonyl (C=O) groups excluding carboxylic acids is 1. The maximum atomic E-state index is 11.6. The van der Waals surface area contributed by atoms with E-state index in [1.165, 1.54) is 0 Å². The molecule has 1 saturated heterocycles. The molecule has 2 aromatic rings. The minimum Gasteiger partial charge on any atom is -0.366 e. The molecular formula is C15H18N4O3. The molecule has 1 fully saturated rings. The number of aromatic nitrogens is 2. The lowest BCUT2D eigenvalue weighted by Gasteiger charge is -2.30. The van der Waals surface area contributed by atoms with Gasteiger partial charge in [0.25, 0.3) is 0 Å². The molecule has 1 amide bonds. The predicted octanol–water partition coefficient (Wildman–Crippen LogP) is 0.683. The number of nitrogens with one attached hydrogen (secondary N) is 1. The Kier molecular flexibility index (Phi) is 4.45. The average molecular weight is 302 g/mol. The summed E-state index contributed by atoms with van der Waals surface area (Å²) in [5.74, 6) is 1.00. The Balaban J connectivity index is 1.64. The zero-order chi connectivity index (χ0) is 15.4. The summed E-state index contributed by atoms with van der Waals surface area (Å²) in [4.78, 5) is 18.1. The van der Waals surface area contributed by atoms with Gasteiger partial charge in [0, 0.05) is 25.7 Å². The van der Waals surface area contributed by atoms with E-state index in [1.807, 2.05) is 30.3 Å². The number of rotatable bonds is 4. The molecule has 1 aromatic heterocycles. The molecule has 7 heteroatoms. The van der Waals surface area contributed by atoms with Crippen molar-refractivity contribution < 1.29 is 14.1 Å². The molecule has 1 aliphatic rings. The third-order valence-electron chi connectivity index (χ3n) is 3.55. The normalized spacial score (nSPS) is 19.0. The van der Waals surface area contributed by atoms with Crippen LogP contribution >= 0.6 is 0 Å². The number of morpholine rings is 1. The van der Waals surface area contributed by atoms with Gasteiger partial charge < -0.3 is 14.6 Å². The van der Waals surface area contributed by atoms with Gasteiger partial charge in [0.05, 0.1) is 13.2 Å². The van der Waals surface area contributed by atoms with Gasteiger partial charge in [-0.15, -0.1) is 0 Å². The highest BCUT2D eigenvalue weighted by molar-refractivity contribution is 5.80. The van der Waals surface area contributed by atoms with Gasteiger partial charge >= 0.3 is 0 Å². The van der Waals surface area contributed by atoms with Gasteiger partial charge in [-0.2, -0.15) is 4.98 Å². The van der Waals surface area contributed by atoms with E-state index >= 15 is 0 Å². The Morgan fingerprint density at radius 3 is 3.00 bits per heavy atom. The number of hydrogen-bond acceptors (Lipinski definition) is 6. The Morgan fingerprint density at radius 1 is 1.41 bits per heavy atom. The smallest absolute Gasteiger partial charge is 0.250 e. The van der Waals surface area contributed by atoms with Crippen LogP contribution in [0.5, 0.6) is 0 Å². The molecule has 0 aliphatic carbocycles. The summed E-state index contributed by atoms with van der Waals surface area (Å²) in [6.45, 7) is 2.27. The summed E-state index contributed by atoms with van der Waals surface area (Å²) in [6.07, 6.45) is -0.449. The first kappa shape index (κ1) is 14.7. The van der Waals surface area contributed by atoms with E-state index < -0.39 is 6.10 Å². The summed E-state index contributed by atoms with van der Waals surface area (Å²) >= 11 is 0. The van der Waals surface area contributed by atoms with Crippen molar-refractivity contribution in [3.05, 3.63) is 36.2 Å². The van der Waals surface area contributed by atoms with E-state index in [1.54, 1.807) is 7.05 Å². The number of benzene rings is 1. The summed E-state index contributed by atoms with van der Waals surface area (Å²) in [5, 5.41) is 6.60. The van der Waals surface area contributed by atoms with Crippen LogP contribution < -0.4 is 5.32 Å². The van der Waals surface area contributed by atoms with Gasteiger partial charge in [-0.3, -0.25) is 9.69 Å². The topological polar surface area (TPSA) is 80.5 Å². The zero-order valence-electron chi connectivity index (χ0n) is 12.4. The van der Waals surface area contributed by atoms with Gasteiger partial charge in [0.15, 0.2) is 0 Å². The SMILES string of the molecule is CNC(=O)[C@H]1CN(Cc2nc(-c3ccccc3)no2)CCO1. The van der Waals surface area contributed by atoms with Gasteiger partial charge in [-0.1, -0.05) is 35.5 Å². The van der Waals surface area contributed by atoms with Crippen LogP contribution in [0.4, 0.5) is 0 Å². The van der Waals surface area contributed by atoms with E-state index in [9.17, 15) is 4.79 Å². The van der Waals surface area contributed by atoms with Crippen molar-refractivity contribution >= 4 is 5.91 Å². The number of likely N-dealkylation sites (N-methyl/N-ethyl adjacent to an activating group) is 1. The lowest BCUT2D eigenvalue weighted by Crippen LogP contribution is -2.48. The Morgan fingerprint density at radius 2 is 2.23 bits per heavy atom. The first-order valence-electron chi connectivity index (χ1n) is 7.20. The summed E-state index contributed by atoms with van der Waals surface area (Å²) in [6, 6.07) is 9.68. The van der Waals surface area contributed by atoms with Crippen molar-refractivity contribution in [1.82, 2.24) is 20.4 Å². The molecule has 1 aliphatic heterocycles. The molecule has 116 valence electrons. The molecule has 7 nitrogen and oxygen atoms in total. The molecule has 1 N–H and O–H groups in total. The average Bonchev–Trinajstić information content (AvgIpc) is 3.03. The van der Waals surface area contributed by atoms with Crippen LogP contribution in [0, 0.1) is 0 Å². The van der Waals surface area contributed by atoms with Crippen LogP contribution in [-0.4, -0.2) is 53.8 Å². The fourth-order valence-corrected chi connectivity index (χ4v) is 2.38. The maximum Gasteiger partial charge on any atom is 0.250 e. The Hall–Kier alpha value is -2.25. The number of hydrogen-bond donors (Lipinski definition) is 1. The van der Waals surface area contributed by atoms with Gasteiger partial charge in [-0.05, 0) is 0 Å². The minimum absolute atomic E-state index is 0.111. The highest BCUT2D eigenvalue weighted by Crippen LogP contribution is 2.16. The molecule has 0 spiro atoms. The summed E-state index contributed by atoms with van der Waals surface area (Å²) in [7, 11) is 1.61. The maximum absolute atomic E-state index is 11.6. The van der Waals surface area contributed by atoms with Crippen LogP contribution in [0.1, 0.15) is 5.89 Å². The van der Waals surface area contributed by atoms with E-state index in [4.69, 9.17) is 9.26 Å². The number of ether oxygens (including phenoxy) is 1. The standard InChI is InChI=1S/C15H18N4O3/c1-16-15(20)12-9-19(7-8-21-12)10-13-17-14(18-22-13)11-5-3-2-4-6-11/h2-6,12H,7-10H2,1H3,(H,16,20)/t12-/m1/s1. The predicted molar refractivity (Wildman–Crippen MR) is 78.8 cm³/mol. The molecule has 0 bridgehead atoms. The Labute approximate surface area is 128 Å². The molecule has 2 heterocycles. The first-order valence-corrected chi connectivity index (χ1v) is 7.20. The Bertz CT molecular complexity index is 629. The van der Waals surface area contributed by atoms with E-state index in [2.05, 4.69) is 20.4 Å². The van der Waals surface area contributed by atoms with Gasteiger partial charge in [0.2, 0.25) is 17.6 Å². The molecule has 3 rings (SSSR count). The third kappa shape index (κ3) is 3.32. The quantitative estimate of drug-likeness (QED) is 0.895. The van der Waals surface area contributed by atoms with Crippen molar-refractivity contribution in [2.75, 3.05) is 26.7 Å². The van der Waals surface area contributed by atoms with Crippen LogP contribution in [0.3, 0.4) is 0 Å². The van der Waals surface area contributed by atoms with Gasteiger partial charge in [-0.25, -0.2) is 0 Å². The monoisotopic (exact) mass is 302 g/mol. The van der Waals surface area contributed by atoms with Crippen molar-refractivity contribution in [3.63, 3.8) is 0 Å². The molecule has 1 aromatic carbocycles. The third-order valence-corrected chi connectivity index (χ3v) is 3.55.